The predicted molar refractivity (Wildman–Crippen MR) is 78.8 cm³/mol. The highest BCUT2D eigenvalue weighted by molar-refractivity contribution is 14.1. The number of nitrogens with zero attached hydrogens (tertiary/aromatic N) is 2. The minimum absolute atomic E-state index is 0.0785. The lowest BCUT2D eigenvalue weighted by atomic mass is 10.3. The predicted octanol–water partition coefficient (Wildman–Crippen LogP) is 2.02. The molecule has 1 fully saturated rings. The lowest BCUT2D eigenvalue weighted by Gasteiger charge is -2.28. The molecule has 1 saturated carbocycles. The Morgan fingerprint density at radius 2 is 2.35 bits per heavy atom. The first-order valence-corrected chi connectivity index (χ1v) is 7.18. The molecular weight excluding hydrogens is 376 g/mol. The summed E-state index contributed by atoms with van der Waals surface area (Å²) in [5.74, 6) is -0.958. The van der Waals surface area contributed by atoms with Gasteiger partial charge in [0.2, 0.25) is 12.3 Å². The molecule has 0 heterocycles. The fraction of sp³-hybridized carbons (Fsp3) is 0.385. The number of aliphatic hydroxyl groups is 1. The molecule has 1 aromatic rings. The van der Waals surface area contributed by atoms with Gasteiger partial charge in [-0.05, 0) is 53.6 Å². The van der Waals surface area contributed by atoms with Gasteiger partial charge >= 0.3 is 0 Å². The Balaban J connectivity index is 2.10. The number of rotatable bonds is 5. The van der Waals surface area contributed by atoms with Gasteiger partial charge in [-0.2, -0.15) is 5.26 Å². The Kier molecular flexibility index (Phi) is 4.77. The van der Waals surface area contributed by atoms with E-state index in [9.17, 15) is 14.3 Å². The van der Waals surface area contributed by atoms with Crippen LogP contribution in [0.25, 0.3) is 0 Å². The van der Waals surface area contributed by atoms with E-state index in [-0.39, 0.29) is 18.2 Å². The maximum atomic E-state index is 13.7. The number of hydrogen-bond acceptors (Lipinski definition) is 4. The molecule has 2 rings (SSSR count). The number of carbonyl (C=O) groups is 1. The van der Waals surface area contributed by atoms with Crippen molar-refractivity contribution in [2.45, 2.75) is 31.7 Å². The highest BCUT2D eigenvalue weighted by atomic mass is 127. The summed E-state index contributed by atoms with van der Waals surface area (Å²) in [4.78, 5) is 13.0. The number of amides is 1. The summed E-state index contributed by atoms with van der Waals surface area (Å²) in [6.07, 6.45) is -0.0708. The molecule has 0 bridgehead atoms. The third-order valence-corrected chi connectivity index (χ3v) is 3.61. The molecule has 1 aromatic carbocycles. The van der Waals surface area contributed by atoms with Crippen molar-refractivity contribution in [2.75, 3.05) is 5.32 Å². The van der Waals surface area contributed by atoms with Gasteiger partial charge in [-0.25, -0.2) is 4.39 Å². The van der Waals surface area contributed by atoms with E-state index in [2.05, 4.69) is 5.32 Å². The average molecular weight is 389 g/mol. The van der Waals surface area contributed by atoms with Gasteiger partial charge in [0.15, 0.2) is 0 Å². The van der Waals surface area contributed by atoms with Crippen molar-refractivity contribution in [1.29, 1.82) is 5.26 Å². The van der Waals surface area contributed by atoms with Crippen LogP contribution < -0.4 is 5.32 Å². The van der Waals surface area contributed by atoms with Crippen molar-refractivity contribution < 1.29 is 14.3 Å². The molecule has 5 nitrogen and oxygen atoms in total. The van der Waals surface area contributed by atoms with Crippen LogP contribution in [0.4, 0.5) is 10.1 Å². The van der Waals surface area contributed by atoms with Crippen molar-refractivity contribution in [3.05, 3.63) is 27.6 Å². The number of benzene rings is 1. The largest absolute Gasteiger partial charge is 0.356 e. The molecule has 2 N–H and O–H groups in total. The smallest absolute Gasteiger partial charge is 0.240 e. The van der Waals surface area contributed by atoms with Crippen molar-refractivity contribution >= 4 is 34.2 Å². The fourth-order valence-corrected chi connectivity index (χ4v) is 2.32. The monoisotopic (exact) mass is 389 g/mol. The molecule has 1 aliphatic rings. The van der Waals surface area contributed by atoms with Crippen molar-refractivity contribution in [2.24, 2.45) is 0 Å². The summed E-state index contributed by atoms with van der Waals surface area (Å²) >= 11 is 1.98. The van der Waals surface area contributed by atoms with Crippen LogP contribution in [-0.4, -0.2) is 28.3 Å². The molecule has 0 spiro atoms. The number of anilines is 1. The Morgan fingerprint density at radius 1 is 1.65 bits per heavy atom. The highest BCUT2D eigenvalue weighted by Crippen LogP contribution is 2.29. The third-order valence-electron chi connectivity index (χ3n) is 2.94. The van der Waals surface area contributed by atoms with E-state index in [0.29, 0.717) is 0 Å². The molecule has 0 aliphatic heterocycles. The van der Waals surface area contributed by atoms with Gasteiger partial charge in [0.1, 0.15) is 12.2 Å². The zero-order valence-electron chi connectivity index (χ0n) is 10.5. The normalized spacial score (nSPS) is 15.3. The lowest BCUT2D eigenvalue weighted by molar-refractivity contribution is -0.139. The molecule has 1 amide bonds. The van der Waals surface area contributed by atoms with Crippen LogP contribution in [0.5, 0.6) is 0 Å². The number of halogens is 2. The van der Waals surface area contributed by atoms with E-state index in [4.69, 9.17) is 5.26 Å². The average Bonchev–Trinajstić information content (AvgIpc) is 3.18. The van der Waals surface area contributed by atoms with Crippen LogP contribution in [0, 0.1) is 20.7 Å². The molecule has 106 valence electrons. The van der Waals surface area contributed by atoms with E-state index in [0.717, 1.165) is 16.4 Å². The fourth-order valence-electron chi connectivity index (χ4n) is 1.87. The van der Waals surface area contributed by atoms with E-state index in [1.54, 1.807) is 12.1 Å². The minimum atomic E-state index is -1.34. The van der Waals surface area contributed by atoms with E-state index < -0.39 is 18.1 Å². The van der Waals surface area contributed by atoms with Crippen molar-refractivity contribution in [3.8, 4) is 6.07 Å². The number of hydrogen-bond donors (Lipinski definition) is 2. The van der Waals surface area contributed by atoms with Gasteiger partial charge in [0.25, 0.3) is 0 Å². The van der Waals surface area contributed by atoms with Gasteiger partial charge in [-0.15, -0.1) is 0 Å². The Morgan fingerprint density at radius 3 is 2.90 bits per heavy atom. The molecule has 1 unspecified atom stereocenters. The molecule has 1 aliphatic carbocycles. The molecule has 20 heavy (non-hydrogen) atoms. The van der Waals surface area contributed by atoms with Crippen LogP contribution in [0.1, 0.15) is 19.3 Å². The zero-order chi connectivity index (χ0) is 14.7. The van der Waals surface area contributed by atoms with Crippen LogP contribution in [0.3, 0.4) is 0 Å². The zero-order valence-corrected chi connectivity index (χ0v) is 12.7. The van der Waals surface area contributed by atoms with Crippen LogP contribution in [0.15, 0.2) is 18.2 Å². The topological polar surface area (TPSA) is 76.4 Å². The number of nitrogens with one attached hydrogen (secondary N) is 1. The molecule has 7 heteroatoms. The maximum absolute atomic E-state index is 13.7. The highest BCUT2D eigenvalue weighted by Gasteiger charge is 2.36. The van der Waals surface area contributed by atoms with Gasteiger partial charge in [-0.1, -0.05) is 0 Å². The number of nitriles is 1. The first-order valence-electron chi connectivity index (χ1n) is 6.10. The molecule has 1 atom stereocenters. The van der Waals surface area contributed by atoms with Crippen molar-refractivity contribution in [3.63, 3.8) is 0 Å². The Bertz CT molecular complexity index is 557. The van der Waals surface area contributed by atoms with Gasteiger partial charge in [-0.3, -0.25) is 9.69 Å². The summed E-state index contributed by atoms with van der Waals surface area (Å²) in [5, 5.41) is 21.2. The summed E-state index contributed by atoms with van der Waals surface area (Å²) in [7, 11) is 0. The third kappa shape index (κ3) is 3.58. The van der Waals surface area contributed by atoms with E-state index in [1.807, 2.05) is 22.6 Å². The molecule has 0 aromatic heterocycles. The van der Waals surface area contributed by atoms with E-state index >= 15 is 0 Å². The summed E-state index contributed by atoms with van der Waals surface area (Å²) in [6, 6.07) is 6.20. The SMILES string of the molecule is N#CCC(=O)N(C1CC1)C(O)Nc1ccc(I)cc1F. The standard InChI is InChI=1S/C13H13FIN3O2/c14-10-7-8(15)1-4-11(10)17-13(20)18(9-2-3-9)12(19)5-6-16/h1,4,7,9,13,17,20H,2-3,5H2. The van der Waals surface area contributed by atoms with Crippen molar-refractivity contribution in [1.82, 2.24) is 4.90 Å². The van der Waals surface area contributed by atoms with Gasteiger partial charge in [0.05, 0.1) is 11.8 Å². The first kappa shape index (κ1) is 15.0. The van der Waals surface area contributed by atoms with Crippen LogP contribution >= 0.6 is 22.6 Å². The summed E-state index contributed by atoms with van der Waals surface area (Å²) < 4.78 is 14.4. The molecule has 0 radical (unpaired) electrons. The summed E-state index contributed by atoms with van der Waals surface area (Å²) in [6.45, 7) is 0. The Hall–Kier alpha value is -1.40. The second kappa shape index (κ2) is 6.37. The van der Waals surface area contributed by atoms with E-state index in [1.165, 1.54) is 17.0 Å². The quantitative estimate of drug-likeness (QED) is 0.597. The Labute approximate surface area is 129 Å². The number of carbonyl (C=O) groups excluding carboxylic acids is 1. The lowest BCUT2D eigenvalue weighted by Crippen LogP contribution is -2.46. The molecular formula is C13H13FIN3O2. The summed E-state index contributed by atoms with van der Waals surface area (Å²) in [5.41, 5.74) is 0.119. The molecule has 0 saturated heterocycles. The van der Waals surface area contributed by atoms with Gasteiger partial charge < -0.3 is 10.4 Å². The minimum Gasteiger partial charge on any atom is -0.356 e. The van der Waals surface area contributed by atoms with Crippen LogP contribution in [-0.2, 0) is 4.79 Å². The second-order valence-electron chi connectivity index (χ2n) is 4.51. The second-order valence-corrected chi connectivity index (χ2v) is 5.75. The maximum Gasteiger partial charge on any atom is 0.240 e. The number of aliphatic hydroxyl groups excluding tert-OH is 1. The van der Waals surface area contributed by atoms with Crippen LogP contribution in [0.2, 0.25) is 0 Å². The first-order chi connectivity index (χ1) is 9.52. The van der Waals surface area contributed by atoms with Gasteiger partial charge in [0, 0.05) is 9.61 Å².